The van der Waals surface area contributed by atoms with Crippen LogP contribution in [0.4, 0.5) is 0 Å². The summed E-state index contributed by atoms with van der Waals surface area (Å²) in [5.41, 5.74) is 1.03. The highest BCUT2D eigenvalue weighted by Gasteiger charge is 2.30. The zero-order valence-corrected chi connectivity index (χ0v) is 15.5. The Morgan fingerprint density at radius 1 is 1.12 bits per heavy atom. The number of amides is 1. The number of benzene rings is 2. The number of aromatic nitrogens is 1. The van der Waals surface area contributed by atoms with E-state index in [0.717, 1.165) is 42.1 Å². The maximum Gasteiger partial charge on any atom is 0.226 e. The summed E-state index contributed by atoms with van der Waals surface area (Å²) in [6.07, 6.45) is 3.60. The van der Waals surface area contributed by atoms with Gasteiger partial charge < -0.3 is 9.64 Å². The number of para-hydroxylation sites is 2. The van der Waals surface area contributed by atoms with E-state index in [9.17, 15) is 4.79 Å². The van der Waals surface area contributed by atoms with Crippen LogP contribution in [0.25, 0.3) is 10.2 Å². The molecule has 0 N–H and O–H groups in total. The summed E-state index contributed by atoms with van der Waals surface area (Å²) >= 11 is 1.71. The zero-order valence-electron chi connectivity index (χ0n) is 14.6. The van der Waals surface area contributed by atoms with Crippen LogP contribution < -0.4 is 4.74 Å². The first-order chi connectivity index (χ1) is 12.8. The second-order valence-electron chi connectivity index (χ2n) is 6.53. The fourth-order valence-electron chi connectivity index (χ4n) is 3.44. The Morgan fingerprint density at radius 2 is 1.92 bits per heavy atom. The van der Waals surface area contributed by atoms with Gasteiger partial charge in [-0.2, -0.15) is 0 Å². The number of rotatable bonds is 5. The average Bonchev–Trinajstić information content (AvgIpc) is 3.13. The van der Waals surface area contributed by atoms with E-state index in [4.69, 9.17) is 9.72 Å². The van der Waals surface area contributed by atoms with Gasteiger partial charge in [0.25, 0.3) is 0 Å². The molecule has 3 aromatic rings. The molecular weight excluding hydrogens is 344 g/mol. The third-order valence-electron chi connectivity index (χ3n) is 4.75. The third-order valence-corrected chi connectivity index (χ3v) is 5.88. The predicted octanol–water partition coefficient (Wildman–Crippen LogP) is 4.82. The van der Waals surface area contributed by atoms with Gasteiger partial charge in [-0.15, -0.1) is 11.3 Å². The van der Waals surface area contributed by atoms with Crippen LogP contribution in [-0.4, -0.2) is 28.9 Å². The first kappa shape index (κ1) is 17.0. The smallest absolute Gasteiger partial charge is 0.226 e. The van der Waals surface area contributed by atoms with Gasteiger partial charge in [-0.25, -0.2) is 4.98 Å². The summed E-state index contributed by atoms with van der Waals surface area (Å²) in [7, 11) is 0. The van der Waals surface area contributed by atoms with Crippen LogP contribution in [0, 0.1) is 0 Å². The number of thiazole rings is 1. The molecule has 4 rings (SSSR count). The minimum absolute atomic E-state index is 0.102. The molecule has 0 saturated carbocycles. The van der Waals surface area contributed by atoms with Crippen LogP contribution in [0.3, 0.4) is 0 Å². The lowest BCUT2D eigenvalue weighted by molar-refractivity contribution is -0.135. The highest BCUT2D eigenvalue weighted by atomic mass is 32.1. The van der Waals surface area contributed by atoms with Crippen LogP contribution in [0.2, 0.25) is 0 Å². The molecule has 1 amide bonds. The number of carbonyl (C=O) groups excluding carboxylic acids is 1. The fraction of sp³-hybridized carbons (Fsp3) is 0.333. The maximum atomic E-state index is 12.8. The number of ether oxygens (including phenoxy) is 1. The molecule has 0 aliphatic carbocycles. The molecule has 2 aromatic carbocycles. The second kappa shape index (κ2) is 7.87. The molecule has 0 radical (unpaired) electrons. The van der Waals surface area contributed by atoms with Gasteiger partial charge in [0.15, 0.2) is 0 Å². The Bertz CT molecular complexity index is 845. The first-order valence-corrected chi connectivity index (χ1v) is 9.96. The molecule has 0 spiro atoms. The number of hydrogen-bond acceptors (Lipinski definition) is 4. The molecule has 5 heteroatoms. The van der Waals surface area contributed by atoms with Gasteiger partial charge in [-0.05, 0) is 43.5 Å². The van der Waals surface area contributed by atoms with Crippen molar-refractivity contribution in [2.45, 2.75) is 31.7 Å². The van der Waals surface area contributed by atoms with Crippen LogP contribution in [0.5, 0.6) is 5.75 Å². The largest absolute Gasteiger partial charge is 0.493 e. The van der Waals surface area contributed by atoms with E-state index in [1.165, 1.54) is 4.70 Å². The van der Waals surface area contributed by atoms with Crippen LogP contribution in [-0.2, 0) is 4.79 Å². The van der Waals surface area contributed by atoms with Crippen LogP contribution >= 0.6 is 11.3 Å². The molecule has 1 aliphatic rings. The summed E-state index contributed by atoms with van der Waals surface area (Å²) in [4.78, 5) is 19.6. The van der Waals surface area contributed by atoms with E-state index in [2.05, 4.69) is 6.07 Å². The molecule has 134 valence electrons. The first-order valence-electron chi connectivity index (χ1n) is 9.14. The number of piperidine rings is 1. The Labute approximate surface area is 157 Å². The quantitative estimate of drug-likeness (QED) is 0.650. The standard InChI is InChI=1S/C21H22N2O2S/c24-20(13-15-25-16-8-2-1-3-9-16)23-14-7-6-11-18(23)21-22-17-10-4-5-12-19(17)26-21/h1-5,8-10,12,18H,6-7,11,13-15H2/t18-/m0/s1. The zero-order chi connectivity index (χ0) is 17.8. The number of hydrogen-bond donors (Lipinski definition) is 0. The lowest BCUT2D eigenvalue weighted by Gasteiger charge is -2.34. The van der Waals surface area contributed by atoms with Gasteiger partial charge >= 0.3 is 0 Å². The molecule has 1 aliphatic heterocycles. The molecule has 4 nitrogen and oxygen atoms in total. The van der Waals surface area contributed by atoms with E-state index in [1.807, 2.05) is 53.4 Å². The third kappa shape index (κ3) is 3.73. The normalized spacial score (nSPS) is 17.4. The molecule has 1 fully saturated rings. The molecular formula is C21H22N2O2S. The number of nitrogens with zero attached hydrogens (tertiary/aromatic N) is 2. The monoisotopic (exact) mass is 366 g/mol. The van der Waals surface area contributed by atoms with Crippen molar-refractivity contribution in [2.24, 2.45) is 0 Å². The van der Waals surface area contributed by atoms with Gasteiger partial charge in [0.1, 0.15) is 10.8 Å². The summed E-state index contributed by atoms with van der Waals surface area (Å²) in [6, 6.07) is 17.9. The van der Waals surface area contributed by atoms with E-state index >= 15 is 0 Å². The highest BCUT2D eigenvalue weighted by molar-refractivity contribution is 7.18. The molecule has 0 bridgehead atoms. The van der Waals surface area contributed by atoms with E-state index in [1.54, 1.807) is 11.3 Å². The van der Waals surface area contributed by atoms with Crippen molar-refractivity contribution >= 4 is 27.5 Å². The van der Waals surface area contributed by atoms with Crippen molar-refractivity contribution in [2.75, 3.05) is 13.2 Å². The molecule has 1 saturated heterocycles. The summed E-state index contributed by atoms with van der Waals surface area (Å²) in [5, 5.41) is 1.06. The Balaban J connectivity index is 1.43. The Kier molecular flexibility index (Phi) is 5.16. The minimum atomic E-state index is 0.102. The van der Waals surface area contributed by atoms with Crippen molar-refractivity contribution in [1.82, 2.24) is 9.88 Å². The fourth-order valence-corrected chi connectivity index (χ4v) is 4.55. The van der Waals surface area contributed by atoms with Crippen LogP contribution in [0.1, 0.15) is 36.7 Å². The maximum absolute atomic E-state index is 12.8. The van der Waals surface area contributed by atoms with Gasteiger partial charge in [0, 0.05) is 6.54 Å². The van der Waals surface area contributed by atoms with Crippen molar-refractivity contribution in [1.29, 1.82) is 0 Å². The summed E-state index contributed by atoms with van der Waals surface area (Å²) in [6.45, 7) is 1.22. The van der Waals surface area contributed by atoms with Crippen molar-refractivity contribution in [3.05, 3.63) is 59.6 Å². The molecule has 0 unspecified atom stereocenters. The van der Waals surface area contributed by atoms with Crippen molar-refractivity contribution < 1.29 is 9.53 Å². The van der Waals surface area contributed by atoms with E-state index < -0.39 is 0 Å². The van der Waals surface area contributed by atoms with E-state index in [0.29, 0.717) is 13.0 Å². The number of fused-ring (bicyclic) bond motifs is 1. The Morgan fingerprint density at radius 3 is 2.77 bits per heavy atom. The van der Waals surface area contributed by atoms with Gasteiger partial charge in [0.05, 0.1) is 29.3 Å². The highest BCUT2D eigenvalue weighted by Crippen LogP contribution is 2.35. The van der Waals surface area contributed by atoms with Crippen molar-refractivity contribution in [3.8, 4) is 5.75 Å². The summed E-state index contributed by atoms with van der Waals surface area (Å²) in [5.74, 6) is 0.964. The molecule has 1 aromatic heterocycles. The topological polar surface area (TPSA) is 42.4 Å². The predicted molar refractivity (Wildman–Crippen MR) is 104 cm³/mol. The van der Waals surface area contributed by atoms with Gasteiger partial charge in [-0.3, -0.25) is 4.79 Å². The Hall–Kier alpha value is -2.40. The lowest BCUT2D eigenvalue weighted by atomic mass is 10.0. The molecule has 2 heterocycles. The van der Waals surface area contributed by atoms with Gasteiger partial charge in [-0.1, -0.05) is 30.3 Å². The van der Waals surface area contributed by atoms with Crippen molar-refractivity contribution in [3.63, 3.8) is 0 Å². The SMILES string of the molecule is O=C(CCOc1ccccc1)N1CCCC[C@H]1c1nc2ccccc2s1. The molecule has 26 heavy (non-hydrogen) atoms. The average molecular weight is 366 g/mol. The lowest BCUT2D eigenvalue weighted by Crippen LogP contribution is -2.39. The van der Waals surface area contributed by atoms with Gasteiger partial charge in [0.2, 0.25) is 5.91 Å². The van der Waals surface area contributed by atoms with E-state index in [-0.39, 0.29) is 11.9 Å². The minimum Gasteiger partial charge on any atom is -0.493 e. The summed E-state index contributed by atoms with van der Waals surface area (Å²) < 4.78 is 6.88. The van der Waals surface area contributed by atoms with Crippen LogP contribution in [0.15, 0.2) is 54.6 Å². The number of likely N-dealkylation sites (tertiary alicyclic amines) is 1. The molecule has 1 atom stereocenters. The number of carbonyl (C=O) groups is 1. The second-order valence-corrected chi connectivity index (χ2v) is 7.59.